The van der Waals surface area contributed by atoms with Crippen molar-refractivity contribution in [2.45, 2.75) is 43.1 Å². The Kier molecular flexibility index (Phi) is 3.40. The van der Waals surface area contributed by atoms with Crippen molar-refractivity contribution in [3.8, 4) is 0 Å². The second kappa shape index (κ2) is 5.02. The van der Waals surface area contributed by atoms with Gasteiger partial charge in [0.2, 0.25) is 0 Å². The first-order valence-electron chi connectivity index (χ1n) is 6.72. The zero-order valence-corrected chi connectivity index (χ0v) is 11.1. The summed E-state index contributed by atoms with van der Waals surface area (Å²) >= 11 is 6.23. The van der Waals surface area contributed by atoms with Gasteiger partial charge in [-0.2, -0.15) is 0 Å². The van der Waals surface area contributed by atoms with E-state index in [1.807, 2.05) is 18.2 Å². The Balaban J connectivity index is 1.78. The molecule has 1 aromatic carbocycles. The van der Waals surface area contributed by atoms with E-state index in [1.54, 1.807) is 0 Å². The molecule has 3 rings (SSSR count). The lowest BCUT2D eigenvalue weighted by molar-refractivity contribution is -0.127. The SMILES string of the molecule is O=C1CC(c2ccccc2)NC2CC(Cl)CCC12. The van der Waals surface area contributed by atoms with Crippen LogP contribution in [-0.4, -0.2) is 17.2 Å². The third-order valence-electron chi connectivity index (χ3n) is 4.22. The van der Waals surface area contributed by atoms with Crippen molar-refractivity contribution < 1.29 is 4.79 Å². The smallest absolute Gasteiger partial charge is 0.139 e. The number of alkyl halides is 1. The van der Waals surface area contributed by atoms with Crippen LogP contribution in [0.2, 0.25) is 0 Å². The average molecular weight is 264 g/mol. The maximum atomic E-state index is 12.2. The molecule has 3 heteroatoms. The zero-order chi connectivity index (χ0) is 12.5. The topological polar surface area (TPSA) is 29.1 Å². The summed E-state index contributed by atoms with van der Waals surface area (Å²) in [6.45, 7) is 0. The molecule has 0 amide bonds. The van der Waals surface area contributed by atoms with Gasteiger partial charge in [0, 0.05) is 29.8 Å². The maximum Gasteiger partial charge on any atom is 0.139 e. The molecule has 0 radical (unpaired) electrons. The van der Waals surface area contributed by atoms with E-state index in [2.05, 4.69) is 17.4 Å². The van der Waals surface area contributed by atoms with Crippen molar-refractivity contribution in [2.75, 3.05) is 0 Å². The second-order valence-corrected chi connectivity index (χ2v) is 6.04. The van der Waals surface area contributed by atoms with Crippen LogP contribution in [0.1, 0.15) is 37.3 Å². The minimum absolute atomic E-state index is 0.168. The highest BCUT2D eigenvalue weighted by Crippen LogP contribution is 2.36. The van der Waals surface area contributed by atoms with Gasteiger partial charge < -0.3 is 5.32 Å². The molecule has 4 atom stereocenters. The van der Waals surface area contributed by atoms with Crippen LogP contribution in [0.25, 0.3) is 0 Å². The van der Waals surface area contributed by atoms with Crippen LogP contribution in [0.3, 0.4) is 0 Å². The maximum absolute atomic E-state index is 12.2. The van der Waals surface area contributed by atoms with Gasteiger partial charge >= 0.3 is 0 Å². The van der Waals surface area contributed by atoms with Crippen molar-refractivity contribution in [2.24, 2.45) is 5.92 Å². The molecule has 1 saturated carbocycles. The largest absolute Gasteiger partial charge is 0.306 e. The summed E-state index contributed by atoms with van der Waals surface area (Å²) in [7, 11) is 0. The number of benzene rings is 1. The molecule has 2 nitrogen and oxygen atoms in total. The van der Waals surface area contributed by atoms with Crippen LogP contribution in [0, 0.1) is 5.92 Å². The molecule has 96 valence electrons. The number of hydrogen-bond acceptors (Lipinski definition) is 2. The number of halogens is 1. The van der Waals surface area contributed by atoms with Crippen LogP contribution in [0.15, 0.2) is 30.3 Å². The highest BCUT2D eigenvalue weighted by atomic mass is 35.5. The predicted molar refractivity (Wildman–Crippen MR) is 72.7 cm³/mol. The quantitative estimate of drug-likeness (QED) is 0.789. The first-order valence-corrected chi connectivity index (χ1v) is 7.15. The highest BCUT2D eigenvalue weighted by Gasteiger charge is 2.40. The molecule has 0 bridgehead atoms. The van der Waals surface area contributed by atoms with Crippen molar-refractivity contribution >= 4 is 17.4 Å². The monoisotopic (exact) mass is 263 g/mol. The molecule has 1 N–H and O–H groups in total. The fourth-order valence-electron chi connectivity index (χ4n) is 3.26. The number of nitrogens with one attached hydrogen (secondary N) is 1. The van der Waals surface area contributed by atoms with Crippen molar-refractivity contribution in [3.63, 3.8) is 0 Å². The van der Waals surface area contributed by atoms with Gasteiger partial charge in [-0.15, -0.1) is 11.6 Å². The van der Waals surface area contributed by atoms with Crippen molar-refractivity contribution in [1.29, 1.82) is 0 Å². The van der Waals surface area contributed by atoms with E-state index in [0.29, 0.717) is 12.2 Å². The van der Waals surface area contributed by atoms with Crippen molar-refractivity contribution in [1.82, 2.24) is 5.32 Å². The van der Waals surface area contributed by atoms with Crippen LogP contribution < -0.4 is 5.32 Å². The molecule has 4 unspecified atom stereocenters. The lowest BCUT2D eigenvalue weighted by Gasteiger charge is -2.41. The molecular formula is C15H18ClNO. The molecule has 1 heterocycles. The number of carbonyl (C=O) groups excluding carboxylic acids is 1. The third-order valence-corrected chi connectivity index (χ3v) is 4.62. The number of carbonyl (C=O) groups is 1. The van der Waals surface area contributed by atoms with Gasteiger partial charge in [-0.25, -0.2) is 0 Å². The summed E-state index contributed by atoms with van der Waals surface area (Å²) in [4.78, 5) is 12.2. The Bertz CT molecular complexity index is 433. The molecule has 1 saturated heterocycles. The van der Waals surface area contributed by atoms with Crippen LogP contribution in [0.5, 0.6) is 0 Å². The summed E-state index contributed by atoms with van der Waals surface area (Å²) in [5.74, 6) is 0.608. The number of ketones is 1. The van der Waals surface area contributed by atoms with E-state index in [9.17, 15) is 4.79 Å². The van der Waals surface area contributed by atoms with Gasteiger partial charge in [0.05, 0.1) is 0 Å². The van der Waals surface area contributed by atoms with Crippen LogP contribution in [-0.2, 0) is 4.79 Å². The minimum atomic E-state index is 0.168. The molecule has 2 aliphatic rings. The lowest BCUT2D eigenvalue weighted by Crippen LogP contribution is -2.51. The molecule has 1 aliphatic heterocycles. The lowest BCUT2D eigenvalue weighted by atomic mass is 9.76. The number of Topliss-reactive ketones (excluding diaryl/α,β-unsaturated/α-hetero) is 1. The Morgan fingerprint density at radius 1 is 1.17 bits per heavy atom. The Hall–Kier alpha value is -0.860. The van der Waals surface area contributed by atoms with Gasteiger partial charge in [0.1, 0.15) is 5.78 Å². The Labute approximate surface area is 113 Å². The summed E-state index contributed by atoms with van der Waals surface area (Å²) in [6, 6.07) is 10.7. The Morgan fingerprint density at radius 3 is 2.72 bits per heavy atom. The third kappa shape index (κ3) is 2.32. The van der Waals surface area contributed by atoms with Crippen LogP contribution >= 0.6 is 11.6 Å². The fraction of sp³-hybridized carbons (Fsp3) is 0.533. The molecule has 18 heavy (non-hydrogen) atoms. The van der Waals surface area contributed by atoms with Gasteiger partial charge in [0.15, 0.2) is 0 Å². The average Bonchev–Trinajstić information content (AvgIpc) is 2.39. The van der Waals surface area contributed by atoms with Gasteiger partial charge in [-0.3, -0.25) is 4.79 Å². The molecule has 2 fully saturated rings. The summed E-state index contributed by atoms with van der Waals surface area (Å²) in [6.07, 6.45) is 3.47. The van der Waals surface area contributed by atoms with E-state index in [4.69, 9.17) is 11.6 Å². The first kappa shape index (κ1) is 12.2. The van der Waals surface area contributed by atoms with E-state index in [-0.39, 0.29) is 23.4 Å². The van der Waals surface area contributed by atoms with E-state index in [1.165, 1.54) is 5.56 Å². The number of hydrogen-bond donors (Lipinski definition) is 1. The molecular weight excluding hydrogens is 246 g/mol. The summed E-state index contributed by atoms with van der Waals surface area (Å²) < 4.78 is 0. The number of piperidine rings is 1. The minimum Gasteiger partial charge on any atom is -0.306 e. The summed E-state index contributed by atoms with van der Waals surface area (Å²) in [5.41, 5.74) is 1.21. The first-order chi connectivity index (χ1) is 8.74. The molecule has 0 spiro atoms. The van der Waals surface area contributed by atoms with E-state index < -0.39 is 0 Å². The fourth-order valence-corrected chi connectivity index (χ4v) is 3.58. The standard InChI is InChI=1S/C15H18ClNO/c16-11-6-7-12-14(8-11)17-13(9-15(12)18)10-4-2-1-3-5-10/h1-5,11-14,17H,6-9H2. The predicted octanol–water partition coefficient (Wildman–Crippen LogP) is 3.07. The number of rotatable bonds is 1. The van der Waals surface area contributed by atoms with Gasteiger partial charge in [0.25, 0.3) is 0 Å². The van der Waals surface area contributed by atoms with Crippen molar-refractivity contribution in [3.05, 3.63) is 35.9 Å². The van der Waals surface area contributed by atoms with E-state index in [0.717, 1.165) is 19.3 Å². The molecule has 0 aromatic heterocycles. The second-order valence-electron chi connectivity index (χ2n) is 5.42. The number of fused-ring (bicyclic) bond motifs is 1. The molecule has 1 aliphatic carbocycles. The highest BCUT2D eigenvalue weighted by molar-refractivity contribution is 6.20. The Morgan fingerprint density at radius 2 is 1.94 bits per heavy atom. The normalized spacial score (nSPS) is 36.2. The molecule has 1 aromatic rings. The zero-order valence-electron chi connectivity index (χ0n) is 10.3. The van der Waals surface area contributed by atoms with E-state index >= 15 is 0 Å². The van der Waals surface area contributed by atoms with Gasteiger partial charge in [-0.05, 0) is 24.8 Å². The van der Waals surface area contributed by atoms with Gasteiger partial charge in [-0.1, -0.05) is 30.3 Å². The van der Waals surface area contributed by atoms with Crippen LogP contribution in [0.4, 0.5) is 0 Å². The summed E-state index contributed by atoms with van der Waals surface area (Å²) in [5, 5.41) is 3.85.